The molecule has 142 valence electrons. The number of carbonyl (C=O) groups excluding carboxylic acids is 2. The van der Waals surface area contributed by atoms with Crippen LogP contribution in [0.5, 0.6) is 0 Å². The van der Waals surface area contributed by atoms with E-state index in [0.29, 0.717) is 17.7 Å². The number of carboxylic acids is 1. The van der Waals surface area contributed by atoms with Gasteiger partial charge in [0.1, 0.15) is 0 Å². The Morgan fingerprint density at radius 3 is 2.22 bits per heavy atom. The van der Waals surface area contributed by atoms with Crippen LogP contribution >= 0.6 is 0 Å². The van der Waals surface area contributed by atoms with Crippen LogP contribution in [0.4, 0.5) is 5.69 Å². The fourth-order valence-corrected chi connectivity index (χ4v) is 2.53. The second kappa shape index (κ2) is 9.52. The number of benzene rings is 2. The number of carbonyl (C=O) groups is 3. The number of amides is 2. The molecule has 0 spiro atoms. The normalized spacial score (nSPS) is 11.5. The Bertz CT molecular complexity index is 798. The van der Waals surface area contributed by atoms with Crippen molar-refractivity contribution in [1.82, 2.24) is 5.32 Å². The van der Waals surface area contributed by atoms with Crippen molar-refractivity contribution in [3.8, 4) is 0 Å². The van der Waals surface area contributed by atoms with Crippen molar-refractivity contribution in [3.05, 3.63) is 65.2 Å². The monoisotopic (exact) mass is 368 g/mol. The molecule has 0 aromatic heterocycles. The number of hydrogen-bond acceptors (Lipinski definition) is 3. The predicted octanol–water partition coefficient (Wildman–Crippen LogP) is 3.02. The van der Waals surface area contributed by atoms with Crippen molar-refractivity contribution < 1.29 is 19.5 Å². The molecule has 0 aliphatic heterocycles. The van der Waals surface area contributed by atoms with Crippen LogP contribution in [0.1, 0.15) is 34.8 Å². The van der Waals surface area contributed by atoms with Crippen molar-refractivity contribution in [2.75, 3.05) is 11.9 Å². The van der Waals surface area contributed by atoms with Crippen LogP contribution in [0, 0.1) is 12.8 Å². The van der Waals surface area contributed by atoms with E-state index in [2.05, 4.69) is 10.6 Å². The van der Waals surface area contributed by atoms with Gasteiger partial charge in [0.25, 0.3) is 5.91 Å². The van der Waals surface area contributed by atoms with Crippen molar-refractivity contribution in [2.24, 2.45) is 5.92 Å². The number of aryl methyl sites for hydroxylation is 1. The van der Waals surface area contributed by atoms with Crippen LogP contribution in [-0.2, 0) is 16.0 Å². The summed E-state index contributed by atoms with van der Waals surface area (Å²) in [7, 11) is 0. The van der Waals surface area contributed by atoms with E-state index in [9.17, 15) is 14.4 Å². The molecule has 2 amide bonds. The molecule has 0 fully saturated rings. The van der Waals surface area contributed by atoms with Gasteiger partial charge >= 0.3 is 5.97 Å². The summed E-state index contributed by atoms with van der Waals surface area (Å²) < 4.78 is 0. The number of aliphatic carboxylic acids is 1. The summed E-state index contributed by atoms with van der Waals surface area (Å²) in [6, 6.07) is 14.6. The maximum absolute atomic E-state index is 12.4. The molecule has 6 nitrogen and oxygen atoms in total. The first kappa shape index (κ1) is 20.2. The van der Waals surface area contributed by atoms with Crippen molar-refractivity contribution in [3.63, 3.8) is 0 Å². The Morgan fingerprint density at radius 2 is 1.63 bits per heavy atom. The van der Waals surface area contributed by atoms with Gasteiger partial charge in [0.15, 0.2) is 0 Å². The first-order valence-electron chi connectivity index (χ1n) is 8.81. The summed E-state index contributed by atoms with van der Waals surface area (Å²) in [5, 5.41) is 14.0. The molecule has 3 N–H and O–H groups in total. The lowest BCUT2D eigenvalue weighted by atomic mass is 9.99. The average molecular weight is 368 g/mol. The lowest BCUT2D eigenvalue weighted by Crippen LogP contribution is -2.26. The van der Waals surface area contributed by atoms with Gasteiger partial charge in [0, 0.05) is 23.7 Å². The number of hydrogen-bond donors (Lipinski definition) is 3. The smallest absolute Gasteiger partial charge is 0.305 e. The molecule has 0 radical (unpaired) electrons. The van der Waals surface area contributed by atoms with Gasteiger partial charge in [-0.1, -0.05) is 36.8 Å². The summed E-state index contributed by atoms with van der Waals surface area (Å²) in [5.74, 6) is -1.59. The predicted molar refractivity (Wildman–Crippen MR) is 104 cm³/mol. The molecule has 0 saturated carbocycles. The van der Waals surface area contributed by atoms with Gasteiger partial charge < -0.3 is 15.7 Å². The van der Waals surface area contributed by atoms with Crippen LogP contribution in [0.3, 0.4) is 0 Å². The molecule has 2 aromatic carbocycles. The highest BCUT2D eigenvalue weighted by molar-refractivity contribution is 5.96. The quantitative estimate of drug-likeness (QED) is 0.667. The van der Waals surface area contributed by atoms with Gasteiger partial charge in [0.2, 0.25) is 5.91 Å². The largest absolute Gasteiger partial charge is 0.481 e. The molecule has 0 aliphatic rings. The standard InChI is InChI=1S/C21H24N2O4/c1-14-3-5-16(6-4-14)13-15(2)20(26)23-18-9-7-17(8-10-18)21(27)22-12-11-19(24)25/h3-10,15H,11-13H2,1-2H3,(H,22,27)(H,23,26)(H,24,25). The summed E-state index contributed by atoms with van der Waals surface area (Å²) in [5.41, 5.74) is 3.31. The van der Waals surface area contributed by atoms with E-state index in [0.717, 1.165) is 5.56 Å². The van der Waals surface area contributed by atoms with Crippen LogP contribution in [0.15, 0.2) is 48.5 Å². The molecule has 2 rings (SSSR count). The molecular formula is C21H24N2O4. The molecular weight excluding hydrogens is 344 g/mol. The minimum Gasteiger partial charge on any atom is -0.481 e. The van der Waals surface area contributed by atoms with Crippen LogP contribution in [0.2, 0.25) is 0 Å². The third-order valence-corrected chi connectivity index (χ3v) is 4.15. The zero-order valence-corrected chi connectivity index (χ0v) is 15.5. The molecule has 6 heteroatoms. The molecule has 27 heavy (non-hydrogen) atoms. The summed E-state index contributed by atoms with van der Waals surface area (Å²) in [4.78, 5) is 34.7. The lowest BCUT2D eigenvalue weighted by molar-refractivity contribution is -0.136. The lowest BCUT2D eigenvalue weighted by Gasteiger charge is -2.13. The Labute approximate surface area is 158 Å². The third kappa shape index (κ3) is 6.58. The minimum absolute atomic E-state index is 0.0726. The molecule has 1 atom stereocenters. The second-order valence-corrected chi connectivity index (χ2v) is 6.56. The first-order chi connectivity index (χ1) is 12.8. The maximum atomic E-state index is 12.4. The number of anilines is 1. The van der Waals surface area contributed by atoms with Crippen molar-refractivity contribution in [1.29, 1.82) is 0 Å². The second-order valence-electron chi connectivity index (χ2n) is 6.56. The van der Waals surface area contributed by atoms with E-state index in [1.54, 1.807) is 24.3 Å². The number of rotatable bonds is 8. The SMILES string of the molecule is Cc1ccc(CC(C)C(=O)Nc2ccc(C(=O)NCCC(=O)O)cc2)cc1. The molecule has 0 aliphatic carbocycles. The van der Waals surface area contributed by atoms with E-state index >= 15 is 0 Å². The number of nitrogens with one attached hydrogen (secondary N) is 2. The summed E-state index contributed by atoms with van der Waals surface area (Å²) in [6.07, 6.45) is 0.523. The van der Waals surface area contributed by atoms with Gasteiger partial charge in [0.05, 0.1) is 6.42 Å². The third-order valence-electron chi connectivity index (χ3n) is 4.15. The Morgan fingerprint density at radius 1 is 1.00 bits per heavy atom. The van der Waals surface area contributed by atoms with E-state index < -0.39 is 5.97 Å². The van der Waals surface area contributed by atoms with Crippen LogP contribution in [-0.4, -0.2) is 29.4 Å². The highest BCUT2D eigenvalue weighted by Crippen LogP contribution is 2.14. The van der Waals surface area contributed by atoms with Gasteiger partial charge in [-0.2, -0.15) is 0 Å². The van der Waals surface area contributed by atoms with Gasteiger partial charge in [-0.3, -0.25) is 14.4 Å². The van der Waals surface area contributed by atoms with Crippen LogP contribution in [0.25, 0.3) is 0 Å². The van der Waals surface area contributed by atoms with Gasteiger partial charge in [-0.25, -0.2) is 0 Å². The molecule has 0 heterocycles. The highest BCUT2D eigenvalue weighted by atomic mass is 16.4. The zero-order chi connectivity index (χ0) is 19.8. The fraction of sp³-hybridized carbons (Fsp3) is 0.286. The Kier molecular flexibility index (Phi) is 7.11. The number of carboxylic acid groups (broad SMARTS) is 1. The minimum atomic E-state index is -0.965. The molecule has 2 aromatic rings. The van der Waals surface area contributed by atoms with Crippen molar-refractivity contribution in [2.45, 2.75) is 26.7 Å². The zero-order valence-electron chi connectivity index (χ0n) is 15.5. The molecule has 1 unspecified atom stereocenters. The van der Waals surface area contributed by atoms with E-state index in [1.165, 1.54) is 5.56 Å². The van der Waals surface area contributed by atoms with Gasteiger partial charge in [-0.05, 0) is 43.2 Å². The molecule has 0 saturated heterocycles. The van der Waals surface area contributed by atoms with Crippen molar-refractivity contribution >= 4 is 23.5 Å². The van der Waals surface area contributed by atoms with Gasteiger partial charge in [-0.15, -0.1) is 0 Å². The first-order valence-corrected chi connectivity index (χ1v) is 8.81. The average Bonchev–Trinajstić information content (AvgIpc) is 2.63. The maximum Gasteiger partial charge on any atom is 0.305 e. The fourth-order valence-electron chi connectivity index (χ4n) is 2.53. The molecule has 0 bridgehead atoms. The van der Waals surface area contributed by atoms with E-state index in [1.807, 2.05) is 38.1 Å². The summed E-state index contributed by atoms with van der Waals surface area (Å²) >= 11 is 0. The Balaban J connectivity index is 1.87. The topological polar surface area (TPSA) is 95.5 Å². The van der Waals surface area contributed by atoms with E-state index in [4.69, 9.17) is 5.11 Å². The Hall–Kier alpha value is -3.15. The summed E-state index contributed by atoms with van der Waals surface area (Å²) in [6.45, 7) is 3.97. The van der Waals surface area contributed by atoms with E-state index in [-0.39, 0.29) is 30.7 Å². The highest BCUT2D eigenvalue weighted by Gasteiger charge is 2.14. The van der Waals surface area contributed by atoms with Crippen LogP contribution < -0.4 is 10.6 Å².